The van der Waals surface area contributed by atoms with E-state index in [1.165, 1.54) is 30.7 Å². The van der Waals surface area contributed by atoms with Crippen molar-refractivity contribution in [1.29, 1.82) is 0 Å². The van der Waals surface area contributed by atoms with E-state index in [4.69, 9.17) is 0 Å². The standard InChI is InChI=1S/C13H23N3S/c1-4-17-13-7-5-6-12(13)14-9-11-8-10(2)15-16(11)3/h8,12-14H,4-7,9H2,1-3H3. The molecule has 1 aliphatic carbocycles. The molecule has 4 heteroatoms. The predicted octanol–water partition coefficient (Wildman–Crippen LogP) is 2.49. The van der Waals surface area contributed by atoms with Crippen LogP contribution in [0.5, 0.6) is 0 Å². The van der Waals surface area contributed by atoms with Gasteiger partial charge < -0.3 is 5.32 Å². The van der Waals surface area contributed by atoms with Gasteiger partial charge in [0.2, 0.25) is 0 Å². The Morgan fingerprint density at radius 1 is 1.53 bits per heavy atom. The summed E-state index contributed by atoms with van der Waals surface area (Å²) in [5, 5.41) is 8.90. The fourth-order valence-electron chi connectivity index (χ4n) is 2.64. The Bertz CT molecular complexity index is 362. The summed E-state index contributed by atoms with van der Waals surface area (Å²) in [5.74, 6) is 1.23. The second kappa shape index (κ2) is 5.91. The van der Waals surface area contributed by atoms with Crippen molar-refractivity contribution >= 4 is 11.8 Å². The molecular weight excluding hydrogens is 230 g/mol. The van der Waals surface area contributed by atoms with Crippen LogP contribution in [0.15, 0.2) is 6.07 Å². The lowest BCUT2D eigenvalue weighted by molar-refractivity contribution is 0.514. The summed E-state index contributed by atoms with van der Waals surface area (Å²) in [6, 6.07) is 2.86. The van der Waals surface area contributed by atoms with E-state index in [1.807, 2.05) is 11.7 Å². The van der Waals surface area contributed by atoms with Crippen LogP contribution in [0.3, 0.4) is 0 Å². The first-order valence-corrected chi connectivity index (χ1v) is 7.60. The van der Waals surface area contributed by atoms with Gasteiger partial charge in [0.1, 0.15) is 0 Å². The smallest absolute Gasteiger partial charge is 0.0597 e. The van der Waals surface area contributed by atoms with Crippen LogP contribution >= 0.6 is 11.8 Å². The average molecular weight is 253 g/mol. The number of thioether (sulfide) groups is 1. The Labute approximate surface area is 108 Å². The van der Waals surface area contributed by atoms with Gasteiger partial charge >= 0.3 is 0 Å². The van der Waals surface area contributed by atoms with Crippen molar-refractivity contribution in [3.8, 4) is 0 Å². The van der Waals surface area contributed by atoms with Crippen LogP contribution in [0.4, 0.5) is 0 Å². The van der Waals surface area contributed by atoms with Crippen LogP contribution in [0.2, 0.25) is 0 Å². The van der Waals surface area contributed by atoms with E-state index in [2.05, 4.69) is 42.1 Å². The zero-order valence-corrected chi connectivity index (χ0v) is 11.9. The van der Waals surface area contributed by atoms with Crippen molar-refractivity contribution in [3.63, 3.8) is 0 Å². The number of nitrogens with zero attached hydrogens (tertiary/aromatic N) is 2. The first-order chi connectivity index (χ1) is 8.20. The van der Waals surface area contributed by atoms with E-state index in [0.717, 1.165) is 17.5 Å². The maximum absolute atomic E-state index is 4.38. The fraction of sp³-hybridized carbons (Fsp3) is 0.769. The third kappa shape index (κ3) is 3.26. The number of aryl methyl sites for hydroxylation is 2. The molecule has 2 unspecified atom stereocenters. The van der Waals surface area contributed by atoms with Crippen molar-refractivity contribution in [3.05, 3.63) is 17.5 Å². The number of rotatable bonds is 5. The number of hydrogen-bond donors (Lipinski definition) is 1. The van der Waals surface area contributed by atoms with Crippen molar-refractivity contribution in [2.75, 3.05) is 5.75 Å². The van der Waals surface area contributed by atoms with Gasteiger partial charge in [-0.2, -0.15) is 16.9 Å². The molecule has 0 radical (unpaired) electrons. The van der Waals surface area contributed by atoms with Crippen LogP contribution in [0.1, 0.15) is 37.6 Å². The predicted molar refractivity (Wildman–Crippen MR) is 74.3 cm³/mol. The molecule has 1 saturated carbocycles. The molecule has 0 aromatic carbocycles. The third-order valence-corrected chi connectivity index (χ3v) is 4.80. The molecule has 0 bridgehead atoms. The van der Waals surface area contributed by atoms with Crippen LogP contribution in [0.25, 0.3) is 0 Å². The van der Waals surface area contributed by atoms with Crippen LogP contribution in [0, 0.1) is 6.92 Å². The largest absolute Gasteiger partial charge is 0.307 e. The number of nitrogens with one attached hydrogen (secondary N) is 1. The molecule has 0 spiro atoms. The summed E-state index contributed by atoms with van der Waals surface area (Å²) in [7, 11) is 2.02. The molecule has 1 aromatic heterocycles. The highest BCUT2D eigenvalue weighted by Gasteiger charge is 2.26. The quantitative estimate of drug-likeness (QED) is 0.874. The van der Waals surface area contributed by atoms with Crippen LogP contribution in [-0.4, -0.2) is 26.8 Å². The summed E-state index contributed by atoms with van der Waals surface area (Å²) < 4.78 is 1.99. The summed E-state index contributed by atoms with van der Waals surface area (Å²) >= 11 is 2.11. The summed E-state index contributed by atoms with van der Waals surface area (Å²) in [4.78, 5) is 0. The number of aromatic nitrogens is 2. The highest BCUT2D eigenvalue weighted by atomic mass is 32.2. The second-order valence-electron chi connectivity index (χ2n) is 4.81. The molecule has 96 valence electrons. The van der Waals surface area contributed by atoms with Gasteiger partial charge in [-0.3, -0.25) is 4.68 Å². The molecule has 3 nitrogen and oxygen atoms in total. The monoisotopic (exact) mass is 253 g/mol. The van der Waals surface area contributed by atoms with Crippen LogP contribution in [-0.2, 0) is 13.6 Å². The molecule has 0 aliphatic heterocycles. The molecule has 1 N–H and O–H groups in total. The molecule has 17 heavy (non-hydrogen) atoms. The van der Waals surface area contributed by atoms with E-state index in [-0.39, 0.29) is 0 Å². The zero-order valence-electron chi connectivity index (χ0n) is 11.1. The Balaban J connectivity index is 1.87. The van der Waals surface area contributed by atoms with Crippen molar-refractivity contribution in [2.24, 2.45) is 7.05 Å². The lowest BCUT2D eigenvalue weighted by Crippen LogP contribution is -2.34. The van der Waals surface area contributed by atoms with Crippen molar-refractivity contribution in [1.82, 2.24) is 15.1 Å². The molecule has 2 atom stereocenters. The molecule has 0 amide bonds. The van der Waals surface area contributed by atoms with Crippen molar-refractivity contribution in [2.45, 2.75) is 50.9 Å². The molecule has 1 fully saturated rings. The summed E-state index contributed by atoms with van der Waals surface area (Å²) in [6.45, 7) is 5.25. The van der Waals surface area contributed by atoms with E-state index in [9.17, 15) is 0 Å². The molecule has 0 saturated heterocycles. The van der Waals surface area contributed by atoms with E-state index in [1.54, 1.807) is 0 Å². The number of hydrogen-bond acceptors (Lipinski definition) is 3. The molecule has 1 heterocycles. The fourth-order valence-corrected chi connectivity index (χ4v) is 3.86. The van der Waals surface area contributed by atoms with Crippen molar-refractivity contribution < 1.29 is 0 Å². The van der Waals surface area contributed by atoms with Crippen LogP contribution < -0.4 is 5.32 Å². The van der Waals surface area contributed by atoms with E-state index >= 15 is 0 Å². The molecule has 1 aliphatic rings. The highest BCUT2D eigenvalue weighted by Crippen LogP contribution is 2.30. The minimum atomic E-state index is 0.690. The topological polar surface area (TPSA) is 29.9 Å². The lowest BCUT2D eigenvalue weighted by Gasteiger charge is -2.20. The Morgan fingerprint density at radius 3 is 3.00 bits per heavy atom. The highest BCUT2D eigenvalue weighted by molar-refractivity contribution is 7.99. The Kier molecular flexibility index (Phi) is 4.51. The van der Waals surface area contributed by atoms with Gasteiger partial charge in [0, 0.05) is 24.9 Å². The molecule has 1 aromatic rings. The minimum Gasteiger partial charge on any atom is -0.307 e. The van der Waals surface area contributed by atoms with Gasteiger partial charge in [-0.05, 0) is 31.6 Å². The maximum Gasteiger partial charge on any atom is 0.0597 e. The van der Waals surface area contributed by atoms with E-state index in [0.29, 0.717) is 6.04 Å². The first-order valence-electron chi connectivity index (χ1n) is 6.55. The minimum absolute atomic E-state index is 0.690. The Hall–Kier alpha value is -0.480. The van der Waals surface area contributed by atoms with Gasteiger partial charge in [-0.15, -0.1) is 0 Å². The summed E-state index contributed by atoms with van der Waals surface area (Å²) in [6.07, 6.45) is 4.08. The zero-order chi connectivity index (χ0) is 12.3. The summed E-state index contributed by atoms with van der Waals surface area (Å²) in [5.41, 5.74) is 2.39. The average Bonchev–Trinajstić information content (AvgIpc) is 2.83. The van der Waals surface area contributed by atoms with Gasteiger partial charge in [0.25, 0.3) is 0 Å². The van der Waals surface area contributed by atoms with Gasteiger partial charge in [0.05, 0.1) is 11.4 Å². The normalized spacial score (nSPS) is 24.4. The van der Waals surface area contributed by atoms with Gasteiger partial charge in [0.15, 0.2) is 0 Å². The SMILES string of the molecule is CCSC1CCCC1NCc1cc(C)nn1C. The first kappa shape index (κ1) is 13.0. The Morgan fingerprint density at radius 2 is 2.35 bits per heavy atom. The molecular formula is C13H23N3S. The second-order valence-corrected chi connectivity index (χ2v) is 6.33. The molecule has 2 rings (SSSR count). The van der Waals surface area contributed by atoms with Gasteiger partial charge in [-0.1, -0.05) is 13.3 Å². The van der Waals surface area contributed by atoms with E-state index < -0.39 is 0 Å². The van der Waals surface area contributed by atoms with Gasteiger partial charge in [-0.25, -0.2) is 0 Å². The third-order valence-electron chi connectivity index (χ3n) is 3.48. The lowest BCUT2D eigenvalue weighted by atomic mass is 10.2. The maximum atomic E-state index is 4.38.